The molecule has 0 radical (unpaired) electrons. The van der Waals surface area contributed by atoms with Crippen molar-refractivity contribution in [3.8, 4) is 0 Å². The van der Waals surface area contributed by atoms with E-state index in [4.69, 9.17) is 9.47 Å². The van der Waals surface area contributed by atoms with Gasteiger partial charge in [0, 0.05) is 0 Å². The molecule has 0 bridgehead atoms. The smallest absolute Gasteiger partial charge is 0.186 e. The molecule has 0 aromatic rings. The zero-order chi connectivity index (χ0) is 7.90. The molecule has 62 valence electrons. The van der Waals surface area contributed by atoms with Crippen LogP contribution in [0.1, 0.15) is 20.3 Å². The summed E-state index contributed by atoms with van der Waals surface area (Å²) in [6, 6.07) is 0. The predicted octanol–water partition coefficient (Wildman–Crippen LogP) is 0.983. The molecular formula is C8H13NO2. The zero-order valence-corrected chi connectivity index (χ0v) is 6.96. The van der Waals surface area contributed by atoms with E-state index in [1.807, 2.05) is 0 Å². The summed E-state index contributed by atoms with van der Waals surface area (Å²) in [6.07, 6.45) is 1.26. The SMILES string of the molecule is CC1(C)COC(CC2CO2)=N1. The van der Waals surface area contributed by atoms with Crippen LogP contribution in [0.2, 0.25) is 0 Å². The summed E-state index contributed by atoms with van der Waals surface area (Å²) in [5.74, 6) is 0.873. The van der Waals surface area contributed by atoms with Gasteiger partial charge in [-0.2, -0.15) is 0 Å². The van der Waals surface area contributed by atoms with Crippen LogP contribution in [0.15, 0.2) is 4.99 Å². The lowest BCUT2D eigenvalue weighted by atomic mass is 10.1. The Kier molecular flexibility index (Phi) is 1.42. The van der Waals surface area contributed by atoms with Gasteiger partial charge in [0.25, 0.3) is 0 Å². The van der Waals surface area contributed by atoms with Crippen molar-refractivity contribution in [3.05, 3.63) is 0 Å². The van der Waals surface area contributed by atoms with Crippen molar-refractivity contribution in [1.29, 1.82) is 0 Å². The molecule has 0 aliphatic carbocycles. The Morgan fingerprint density at radius 1 is 1.64 bits per heavy atom. The molecule has 0 saturated carbocycles. The number of ether oxygens (including phenoxy) is 2. The van der Waals surface area contributed by atoms with Crippen LogP contribution < -0.4 is 0 Å². The van der Waals surface area contributed by atoms with E-state index in [9.17, 15) is 0 Å². The van der Waals surface area contributed by atoms with Crippen molar-refractivity contribution in [2.75, 3.05) is 13.2 Å². The van der Waals surface area contributed by atoms with Crippen molar-refractivity contribution >= 4 is 5.90 Å². The molecule has 0 aromatic carbocycles. The Bertz CT molecular complexity index is 194. The van der Waals surface area contributed by atoms with Crippen LogP contribution in [-0.2, 0) is 9.47 Å². The molecule has 1 unspecified atom stereocenters. The van der Waals surface area contributed by atoms with Gasteiger partial charge in [0.15, 0.2) is 5.90 Å². The summed E-state index contributed by atoms with van der Waals surface area (Å²) >= 11 is 0. The average molecular weight is 155 g/mol. The standard InChI is InChI=1S/C8H13NO2/c1-8(2)5-11-7(9-8)3-6-4-10-6/h6H,3-5H2,1-2H3. The van der Waals surface area contributed by atoms with E-state index in [1.54, 1.807) is 0 Å². The minimum absolute atomic E-state index is 0.00970. The molecule has 0 N–H and O–H groups in total. The Morgan fingerprint density at radius 3 is 2.82 bits per heavy atom. The van der Waals surface area contributed by atoms with Crippen molar-refractivity contribution in [3.63, 3.8) is 0 Å². The summed E-state index contributed by atoms with van der Waals surface area (Å²) in [6.45, 7) is 5.75. The second-order valence-corrected chi connectivity index (χ2v) is 3.77. The Morgan fingerprint density at radius 2 is 2.36 bits per heavy atom. The van der Waals surface area contributed by atoms with Crippen LogP contribution in [0.3, 0.4) is 0 Å². The highest BCUT2D eigenvalue weighted by Gasteiger charge is 2.31. The van der Waals surface area contributed by atoms with Crippen LogP contribution in [-0.4, -0.2) is 30.8 Å². The highest BCUT2D eigenvalue weighted by atomic mass is 16.6. The zero-order valence-electron chi connectivity index (χ0n) is 6.96. The molecule has 2 heterocycles. The Balaban J connectivity index is 1.93. The topological polar surface area (TPSA) is 34.1 Å². The van der Waals surface area contributed by atoms with Crippen LogP contribution in [0, 0.1) is 0 Å². The molecule has 1 atom stereocenters. The maximum absolute atomic E-state index is 5.39. The highest BCUT2D eigenvalue weighted by molar-refractivity contribution is 5.78. The van der Waals surface area contributed by atoms with E-state index in [-0.39, 0.29) is 5.54 Å². The van der Waals surface area contributed by atoms with Crippen molar-refractivity contribution in [2.24, 2.45) is 4.99 Å². The number of rotatable bonds is 2. The first-order valence-corrected chi connectivity index (χ1v) is 3.99. The number of hydrogen-bond donors (Lipinski definition) is 0. The first-order valence-electron chi connectivity index (χ1n) is 3.99. The van der Waals surface area contributed by atoms with Crippen molar-refractivity contribution < 1.29 is 9.47 Å². The van der Waals surface area contributed by atoms with Crippen LogP contribution >= 0.6 is 0 Å². The van der Waals surface area contributed by atoms with E-state index in [1.165, 1.54) is 0 Å². The fraction of sp³-hybridized carbons (Fsp3) is 0.875. The van der Waals surface area contributed by atoms with Crippen LogP contribution in [0.5, 0.6) is 0 Å². The Hall–Kier alpha value is -0.570. The van der Waals surface area contributed by atoms with Gasteiger partial charge in [-0.15, -0.1) is 0 Å². The van der Waals surface area contributed by atoms with Crippen LogP contribution in [0.25, 0.3) is 0 Å². The Labute approximate surface area is 66.4 Å². The predicted molar refractivity (Wildman–Crippen MR) is 41.8 cm³/mol. The summed E-state index contributed by atoms with van der Waals surface area (Å²) in [7, 11) is 0. The first-order chi connectivity index (χ1) is 5.16. The van der Waals surface area contributed by atoms with Gasteiger partial charge in [-0.25, -0.2) is 4.99 Å². The van der Waals surface area contributed by atoms with Gasteiger partial charge < -0.3 is 9.47 Å². The molecule has 2 aliphatic heterocycles. The lowest BCUT2D eigenvalue weighted by Gasteiger charge is -2.07. The van der Waals surface area contributed by atoms with Crippen molar-refractivity contribution in [1.82, 2.24) is 0 Å². The summed E-state index contributed by atoms with van der Waals surface area (Å²) < 4.78 is 10.5. The quantitative estimate of drug-likeness (QED) is 0.557. The number of hydrogen-bond acceptors (Lipinski definition) is 3. The van der Waals surface area contributed by atoms with E-state index in [2.05, 4.69) is 18.8 Å². The van der Waals surface area contributed by atoms with E-state index >= 15 is 0 Å². The average Bonchev–Trinajstić information content (AvgIpc) is 2.61. The van der Waals surface area contributed by atoms with Gasteiger partial charge in [-0.05, 0) is 13.8 Å². The summed E-state index contributed by atoms with van der Waals surface area (Å²) in [5, 5.41) is 0. The molecular weight excluding hydrogens is 142 g/mol. The van der Waals surface area contributed by atoms with Gasteiger partial charge in [0.2, 0.25) is 0 Å². The lowest BCUT2D eigenvalue weighted by Crippen LogP contribution is -2.17. The van der Waals surface area contributed by atoms with Gasteiger partial charge >= 0.3 is 0 Å². The third-order valence-corrected chi connectivity index (χ3v) is 1.82. The van der Waals surface area contributed by atoms with Crippen molar-refractivity contribution in [2.45, 2.75) is 31.9 Å². The second-order valence-electron chi connectivity index (χ2n) is 3.77. The molecule has 2 aliphatic rings. The molecule has 0 aromatic heterocycles. The van der Waals surface area contributed by atoms with Gasteiger partial charge in [0.05, 0.1) is 24.7 Å². The molecule has 3 heteroatoms. The number of epoxide rings is 1. The maximum Gasteiger partial charge on any atom is 0.186 e. The second kappa shape index (κ2) is 2.21. The monoisotopic (exact) mass is 155 g/mol. The third-order valence-electron chi connectivity index (χ3n) is 1.82. The third kappa shape index (κ3) is 1.71. The fourth-order valence-electron chi connectivity index (χ4n) is 1.15. The summed E-state index contributed by atoms with van der Waals surface area (Å²) in [4.78, 5) is 4.42. The minimum Gasteiger partial charge on any atom is -0.478 e. The van der Waals surface area contributed by atoms with E-state index in [0.717, 1.165) is 25.5 Å². The van der Waals surface area contributed by atoms with E-state index < -0.39 is 0 Å². The molecule has 0 amide bonds. The molecule has 2 rings (SSSR count). The van der Waals surface area contributed by atoms with Gasteiger partial charge in [0.1, 0.15) is 6.61 Å². The largest absolute Gasteiger partial charge is 0.478 e. The normalized spacial score (nSPS) is 32.9. The van der Waals surface area contributed by atoms with Gasteiger partial charge in [-0.3, -0.25) is 0 Å². The van der Waals surface area contributed by atoms with Gasteiger partial charge in [-0.1, -0.05) is 0 Å². The molecule has 11 heavy (non-hydrogen) atoms. The van der Waals surface area contributed by atoms with Crippen LogP contribution in [0.4, 0.5) is 0 Å². The molecule has 3 nitrogen and oxygen atoms in total. The maximum atomic E-state index is 5.39. The molecule has 1 fully saturated rings. The fourth-order valence-corrected chi connectivity index (χ4v) is 1.15. The number of aliphatic imine (C=N–C) groups is 1. The molecule has 0 spiro atoms. The number of nitrogens with zero attached hydrogens (tertiary/aromatic N) is 1. The summed E-state index contributed by atoms with van der Waals surface area (Å²) in [5.41, 5.74) is -0.00970. The lowest BCUT2D eigenvalue weighted by molar-refractivity contribution is 0.270. The highest BCUT2D eigenvalue weighted by Crippen LogP contribution is 2.22. The first kappa shape index (κ1) is 7.10. The minimum atomic E-state index is -0.00970. The molecule has 1 saturated heterocycles. The van der Waals surface area contributed by atoms with E-state index in [0.29, 0.717) is 6.10 Å².